The highest BCUT2D eigenvalue weighted by Gasteiger charge is 2.16. The lowest BCUT2D eigenvalue weighted by Crippen LogP contribution is -2.26. The van der Waals surface area contributed by atoms with Crippen LogP contribution in [0.5, 0.6) is 0 Å². The van der Waals surface area contributed by atoms with E-state index in [-0.39, 0.29) is 11.9 Å². The minimum Gasteiger partial charge on any atom is -0.346 e. The van der Waals surface area contributed by atoms with Gasteiger partial charge in [-0.15, -0.1) is 0 Å². The van der Waals surface area contributed by atoms with Crippen LogP contribution in [0.2, 0.25) is 0 Å². The van der Waals surface area contributed by atoms with Crippen LogP contribution in [0.1, 0.15) is 51.3 Å². The predicted molar refractivity (Wildman–Crippen MR) is 157 cm³/mol. The van der Waals surface area contributed by atoms with Gasteiger partial charge in [-0.3, -0.25) is 4.79 Å². The summed E-state index contributed by atoms with van der Waals surface area (Å²) >= 11 is 3.47. The van der Waals surface area contributed by atoms with Gasteiger partial charge in [0, 0.05) is 33.2 Å². The number of amides is 1. The van der Waals surface area contributed by atoms with Gasteiger partial charge in [-0.1, -0.05) is 76.6 Å². The van der Waals surface area contributed by atoms with E-state index in [1.54, 1.807) is 0 Å². The zero-order valence-corrected chi connectivity index (χ0v) is 23.3. The van der Waals surface area contributed by atoms with Crippen molar-refractivity contribution in [2.75, 3.05) is 0 Å². The van der Waals surface area contributed by atoms with Crippen LogP contribution in [-0.4, -0.2) is 10.5 Å². The first-order chi connectivity index (χ1) is 17.8. The Bertz CT molecular complexity index is 1580. The number of halogens is 1. The number of rotatable bonds is 6. The van der Waals surface area contributed by atoms with Gasteiger partial charge >= 0.3 is 0 Å². The fraction of sp³-hybridized carbons (Fsp3) is 0.182. The number of aryl methyl sites for hydroxylation is 2. The number of nitrogens with zero attached hydrogens (tertiary/aromatic N) is 1. The molecular formula is C33H31BrN2O. The number of nitrogens with one attached hydrogen (secondary N) is 1. The van der Waals surface area contributed by atoms with Crippen LogP contribution >= 0.6 is 15.9 Å². The minimum atomic E-state index is -0.0774. The summed E-state index contributed by atoms with van der Waals surface area (Å²) in [6.07, 6.45) is 0. The molecule has 1 heterocycles. The molecule has 1 amide bonds. The van der Waals surface area contributed by atoms with Crippen molar-refractivity contribution < 1.29 is 4.79 Å². The van der Waals surface area contributed by atoms with Crippen molar-refractivity contribution in [2.45, 2.75) is 40.3 Å². The first-order valence-electron chi connectivity index (χ1n) is 12.6. The maximum atomic E-state index is 13.1. The summed E-state index contributed by atoms with van der Waals surface area (Å²) in [6.45, 7) is 9.25. The third-order valence-electron chi connectivity index (χ3n) is 7.37. The number of hydrogen-bond acceptors (Lipinski definition) is 1. The lowest BCUT2D eigenvalue weighted by molar-refractivity contribution is 0.0940. The van der Waals surface area contributed by atoms with E-state index >= 15 is 0 Å². The van der Waals surface area contributed by atoms with Crippen molar-refractivity contribution in [3.63, 3.8) is 0 Å². The Morgan fingerprint density at radius 3 is 2.30 bits per heavy atom. The molecule has 0 saturated heterocycles. The average molecular weight is 552 g/mol. The molecular weight excluding hydrogens is 520 g/mol. The second kappa shape index (κ2) is 10.4. The quantitative estimate of drug-likeness (QED) is 0.226. The number of fused-ring (bicyclic) bond motifs is 1. The number of hydrogen-bond donors (Lipinski definition) is 1. The van der Waals surface area contributed by atoms with Gasteiger partial charge in [-0.2, -0.15) is 0 Å². The highest BCUT2D eigenvalue weighted by molar-refractivity contribution is 9.10. The molecule has 5 rings (SSSR count). The van der Waals surface area contributed by atoms with Crippen LogP contribution in [0, 0.1) is 20.8 Å². The maximum absolute atomic E-state index is 13.1. The smallest absolute Gasteiger partial charge is 0.251 e. The molecule has 3 nitrogen and oxygen atoms in total. The summed E-state index contributed by atoms with van der Waals surface area (Å²) < 4.78 is 3.37. The van der Waals surface area contributed by atoms with Crippen LogP contribution in [0.4, 0.5) is 0 Å². The van der Waals surface area contributed by atoms with E-state index in [1.807, 2.05) is 43.3 Å². The Balaban J connectivity index is 1.38. The molecule has 0 aliphatic carbocycles. The monoisotopic (exact) mass is 550 g/mol. The molecule has 186 valence electrons. The van der Waals surface area contributed by atoms with E-state index in [0.29, 0.717) is 5.56 Å². The maximum Gasteiger partial charge on any atom is 0.251 e. The lowest BCUT2D eigenvalue weighted by atomic mass is 9.99. The molecule has 37 heavy (non-hydrogen) atoms. The summed E-state index contributed by atoms with van der Waals surface area (Å²) in [7, 11) is 0. The zero-order valence-electron chi connectivity index (χ0n) is 21.7. The molecule has 0 fully saturated rings. The molecule has 0 aliphatic heterocycles. The molecule has 0 radical (unpaired) electrons. The first kappa shape index (κ1) is 25.0. The Kier molecular flexibility index (Phi) is 7.03. The first-order valence-corrected chi connectivity index (χ1v) is 13.4. The normalized spacial score (nSPS) is 12.0. The minimum absolute atomic E-state index is 0.0612. The summed E-state index contributed by atoms with van der Waals surface area (Å²) in [5.74, 6) is -0.0612. The van der Waals surface area contributed by atoms with Gasteiger partial charge in [0.15, 0.2) is 0 Å². The zero-order chi connectivity index (χ0) is 26.1. The fourth-order valence-electron chi connectivity index (χ4n) is 4.98. The van der Waals surface area contributed by atoms with E-state index in [9.17, 15) is 4.79 Å². The van der Waals surface area contributed by atoms with Crippen molar-refractivity contribution in [1.82, 2.24) is 9.88 Å². The van der Waals surface area contributed by atoms with Gasteiger partial charge in [-0.05, 0) is 91.4 Å². The number of carbonyl (C=O) groups is 1. The second-order valence-corrected chi connectivity index (χ2v) is 10.7. The second-order valence-electron chi connectivity index (χ2n) is 9.79. The Hall–Kier alpha value is -3.63. The molecule has 5 aromatic rings. The van der Waals surface area contributed by atoms with Crippen LogP contribution in [-0.2, 0) is 6.54 Å². The van der Waals surface area contributed by atoms with Crippen LogP contribution in [0.3, 0.4) is 0 Å². The lowest BCUT2D eigenvalue weighted by Gasteiger charge is -2.15. The van der Waals surface area contributed by atoms with E-state index in [2.05, 4.69) is 101 Å². The predicted octanol–water partition coefficient (Wildman–Crippen LogP) is 8.54. The number of benzene rings is 4. The van der Waals surface area contributed by atoms with Crippen molar-refractivity contribution >= 4 is 32.7 Å². The summed E-state index contributed by atoms with van der Waals surface area (Å²) in [4.78, 5) is 13.1. The van der Waals surface area contributed by atoms with Crippen molar-refractivity contribution in [3.05, 3.63) is 129 Å². The molecule has 4 aromatic carbocycles. The van der Waals surface area contributed by atoms with Gasteiger partial charge in [0.1, 0.15) is 0 Å². The molecule has 1 N–H and O–H groups in total. The van der Waals surface area contributed by atoms with Crippen molar-refractivity contribution in [2.24, 2.45) is 0 Å². The number of aromatic nitrogens is 1. The van der Waals surface area contributed by atoms with Gasteiger partial charge < -0.3 is 9.88 Å². The molecule has 1 atom stereocenters. The standard InChI is InChI=1S/C33H31BrN2O/c1-21-7-5-6-8-30(21)27-11-9-25(10-12-27)20-36-24(4)22(2)31-19-28(15-18-32(31)36)33(37)35-23(3)26-13-16-29(34)17-14-26/h5-19,23H,20H2,1-4H3,(H,35,37). The Labute approximate surface area is 227 Å². The van der Waals surface area contributed by atoms with Crippen molar-refractivity contribution in [1.29, 1.82) is 0 Å². The van der Waals surface area contributed by atoms with Gasteiger partial charge in [0.05, 0.1) is 6.04 Å². The van der Waals surface area contributed by atoms with Crippen LogP contribution in [0.25, 0.3) is 22.0 Å². The summed E-state index contributed by atoms with van der Waals surface area (Å²) in [5, 5.41) is 4.26. The highest BCUT2D eigenvalue weighted by atomic mass is 79.9. The van der Waals surface area contributed by atoms with E-state index in [1.165, 1.54) is 33.5 Å². The highest BCUT2D eigenvalue weighted by Crippen LogP contribution is 2.29. The summed E-state index contributed by atoms with van der Waals surface area (Å²) in [6, 6.07) is 31.3. The molecule has 0 aliphatic rings. The molecule has 0 spiro atoms. The molecule has 0 bridgehead atoms. The third kappa shape index (κ3) is 5.12. The molecule has 4 heteroatoms. The van der Waals surface area contributed by atoms with E-state index in [4.69, 9.17) is 0 Å². The summed E-state index contributed by atoms with van der Waals surface area (Å²) in [5.41, 5.74) is 10.4. The van der Waals surface area contributed by atoms with Gasteiger partial charge in [0.2, 0.25) is 0 Å². The number of carbonyl (C=O) groups excluding carboxylic acids is 1. The topological polar surface area (TPSA) is 34.0 Å². The molecule has 1 unspecified atom stereocenters. The molecule has 0 saturated carbocycles. The molecule has 1 aromatic heterocycles. The largest absolute Gasteiger partial charge is 0.346 e. The average Bonchev–Trinajstić information content (AvgIpc) is 3.14. The van der Waals surface area contributed by atoms with E-state index < -0.39 is 0 Å². The third-order valence-corrected chi connectivity index (χ3v) is 7.90. The Morgan fingerprint density at radius 1 is 0.892 bits per heavy atom. The van der Waals surface area contributed by atoms with Crippen molar-refractivity contribution in [3.8, 4) is 11.1 Å². The van der Waals surface area contributed by atoms with E-state index in [0.717, 1.165) is 27.5 Å². The van der Waals surface area contributed by atoms with Crippen LogP contribution < -0.4 is 5.32 Å². The van der Waals surface area contributed by atoms with Crippen LogP contribution in [0.15, 0.2) is 95.5 Å². The Morgan fingerprint density at radius 2 is 1.59 bits per heavy atom. The van der Waals surface area contributed by atoms with Gasteiger partial charge in [-0.25, -0.2) is 0 Å². The van der Waals surface area contributed by atoms with Gasteiger partial charge in [0.25, 0.3) is 5.91 Å². The fourth-order valence-corrected chi connectivity index (χ4v) is 5.24. The SMILES string of the molecule is Cc1ccccc1-c1ccc(Cn2c(C)c(C)c3cc(C(=O)NC(C)c4ccc(Br)cc4)ccc32)cc1.